The van der Waals surface area contributed by atoms with Gasteiger partial charge in [-0.05, 0) is 18.6 Å². The van der Waals surface area contributed by atoms with Crippen LogP contribution in [0.4, 0.5) is 0 Å². The standard InChI is InChI=1S/C15H19N3O2/c1-18-12(6-8-17-18)14(19)15(10-16)7-9-20-13-5-3-2-4-11(13)15/h2-6,8,14,19H,7,9-10,16H2,1H3. The number of hydrogen-bond acceptors (Lipinski definition) is 4. The van der Waals surface area contributed by atoms with E-state index in [-0.39, 0.29) is 0 Å². The molecule has 0 spiro atoms. The number of nitrogens with zero attached hydrogens (tertiary/aromatic N) is 2. The lowest BCUT2D eigenvalue weighted by Crippen LogP contribution is -2.45. The summed E-state index contributed by atoms with van der Waals surface area (Å²) in [5, 5.41) is 15.1. The minimum absolute atomic E-state index is 0.361. The van der Waals surface area contributed by atoms with E-state index in [1.165, 1.54) is 0 Å². The Hall–Kier alpha value is -1.85. The van der Waals surface area contributed by atoms with Gasteiger partial charge in [0.25, 0.3) is 0 Å². The van der Waals surface area contributed by atoms with Crippen LogP contribution in [0, 0.1) is 0 Å². The van der Waals surface area contributed by atoms with Crippen molar-refractivity contribution in [1.29, 1.82) is 0 Å². The summed E-state index contributed by atoms with van der Waals surface area (Å²) in [5.74, 6) is 0.811. The number of aliphatic hydroxyl groups excluding tert-OH is 1. The molecule has 106 valence electrons. The van der Waals surface area contributed by atoms with Gasteiger partial charge in [0.2, 0.25) is 0 Å². The molecule has 0 fully saturated rings. The van der Waals surface area contributed by atoms with Crippen molar-refractivity contribution in [3.05, 3.63) is 47.8 Å². The quantitative estimate of drug-likeness (QED) is 0.879. The number of rotatable bonds is 3. The Bertz CT molecular complexity index is 611. The maximum atomic E-state index is 10.9. The number of ether oxygens (including phenoxy) is 1. The highest BCUT2D eigenvalue weighted by molar-refractivity contribution is 5.43. The largest absolute Gasteiger partial charge is 0.493 e. The molecule has 0 amide bonds. The van der Waals surface area contributed by atoms with Gasteiger partial charge >= 0.3 is 0 Å². The fraction of sp³-hybridized carbons (Fsp3) is 0.400. The van der Waals surface area contributed by atoms with Crippen molar-refractivity contribution in [3.8, 4) is 5.75 Å². The summed E-state index contributed by atoms with van der Waals surface area (Å²) in [6.07, 6.45) is 1.67. The Labute approximate surface area is 118 Å². The van der Waals surface area contributed by atoms with E-state index in [0.29, 0.717) is 19.6 Å². The van der Waals surface area contributed by atoms with Gasteiger partial charge in [0.1, 0.15) is 11.9 Å². The summed E-state index contributed by atoms with van der Waals surface area (Å²) in [7, 11) is 1.83. The fourth-order valence-corrected chi connectivity index (χ4v) is 3.02. The van der Waals surface area contributed by atoms with Crippen molar-refractivity contribution < 1.29 is 9.84 Å². The molecule has 1 aromatic carbocycles. The van der Waals surface area contributed by atoms with E-state index < -0.39 is 11.5 Å². The maximum absolute atomic E-state index is 10.9. The van der Waals surface area contributed by atoms with Crippen molar-refractivity contribution in [2.75, 3.05) is 13.2 Å². The fourth-order valence-electron chi connectivity index (χ4n) is 3.02. The summed E-state index contributed by atoms with van der Waals surface area (Å²) < 4.78 is 7.38. The zero-order valence-electron chi connectivity index (χ0n) is 11.5. The third kappa shape index (κ3) is 1.82. The van der Waals surface area contributed by atoms with Gasteiger partial charge in [0.15, 0.2) is 0 Å². The average molecular weight is 273 g/mol. The van der Waals surface area contributed by atoms with Gasteiger partial charge in [-0.15, -0.1) is 0 Å². The zero-order valence-corrected chi connectivity index (χ0v) is 11.5. The van der Waals surface area contributed by atoms with Crippen LogP contribution in [0.1, 0.15) is 23.8 Å². The number of aromatic nitrogens is 2. The van der Waals surface area contributed by atoms with Crippen LogP contribution in [0.3, 0.4) is 0 Å². The van der Waals surface area contributed by atoms with Crippen LogP contribution < -0.4 is 10.5 Å². The Kier molecular flexibility index (Phi) is 3.23. The molecule has 2 heterocycles. The smallest absolute Gasteiger partial charge is 0.123 e. The van der Waals surface area contributed by atoms with Crippen LogP contribution in [0.15, 0.2) is 36.5 Å². The normalized spacial score (nSPS) is 22.9. The van der Waals surface area contributed by atoms with E-state index in [2.05, 4.69) is 5.10 Å². The van der Waals surface area contributed by atoms with Crippen LogP contribution in [0.5, 0.6) is 5.75 Å². The lowest BCUT2D eigenvalue weighted by molar-refractivity contribution is 0.0476. The van der Waals surface area contributed by atoms with E-state index >= 15 is 0 Å². The number of fused-ring (bicyclic) bond motifs is 1. The molecule has 0 aliphatic carbocycles. The number of benzene rings is 1. The zero-order chi connectivity index (χ0) is 14.2. The number of aliphatic hydroxyl groups is 1. The number of nitrogens with two attached hydrogens (primary N) is 1. The first kappa shape index (κ1) is 13.1. The summed E-state index contributed by atoms with van der Waals surface area (Å²) in [6.45, 7) is 0.919. The Morgan fingerprint density at radius 3 is 2.95 bits per heavy atom. The molecule has 2 unspecified atom stereocenters. The molecular formula is C15H19N3O2. The van der Waals surface area contributed by atoms with Crippen molar-refractivity contribution in [2.24, 2.45) is 12.8 Å². The second kappa shape index (κ2) is 4.92. The van der Waals surface area contributed by atoms with Crippen LogP contribution in [-0.4, -0.2) is 28.0 Å². The lowest BCUT2D eigenvalue weighted by atomic mass is 9.70. The number of aryl methyl sites for hydroxylation is 1. The van der Waals surface area contributed by atoms with Crippen molar-refractivity contribution in [1.82, 2.24) is 9.78 Å². The first-order valence-electron chi connectivity index (χ1n) is 6.77. The molecule has 2 atom stereocenters. The second-order valence-electron chi connectivity index (χ2n) is 5.24. The maximum Gasteiger partial charge on any atom is 0.123 e. The molecule has 1 aliphatic rings. The Balaban J connectivity index is 2.11. The number of para-hydroxylation sites is 1. The lowest BCUT2D eigenvalue weighted by Gasteiger charge is -2.41. The molecule has 3 N–H and O–H groups in total. The third-order valence-corrected chi connectivity index (χ3v) is 4.26. The molecule has 1 aromatic heterocycles. The first-order chi connectivity index (χ1) is 9.69. The molecule has 0 bridgehead atoms. The van der Waals surface area contributed by atoms with Gasteiger partial charge in [-0.25, -0.2) is 0 Å². The third-order valence-electron chi connectivity index (χ3n) is 4.26. The summed E-state index contributed by atoms with van der Waals surface area (Å²) in [4.78, 5) is 0. The highest BCUT2D eigenvalue weighted by atomic mass is 16.5. The minimum atomic E-state index is -0.704. The highest BCUT2D eigenvalue weighted by Crippen LogP contribution is 2.45. The molecule has 0 radical (unpaired) electrons. The molecule has 1 aliphatic heterocycles. The number of hydrogen-bond donors (Lipinski definition) is 2. The molecule has 0 saturated carbocycles. The van der Waals surface area contributed by atoms with E-state index in [9.17, 15) is 5.11 Å². The van der Waals surface area contributed by atoms with E-state index in [0.717, 1.165) is 17.0 Å². The van der Waals surface area contributed by atoms with E-state index in [4.69, 9.17) is 10.5 Å². The average Bonchev–Trinajstić information content (AvgIpc) is 2.92. The van der Waals surface area contributed by atoms with Gasteiger partial charge in [-0.3, -0.25) is 4.68 Å². The molecular weight excluding hydrogens is 254 g/mol. The van der Waals surface area contributed by atoms with Crippen LogP contribution in [0.2, 0.25) is 0 Å². The highest BCUT2D eigenvalue weighted by Gasteiger charge is 2.44. The van der Waals surface area contributed by atoms with Crippen LogP contribution in [0.25, 0.3) is 0 Å². The summed E-state index contributed by atoms with van der Waals surface area (Å²) in [5.41, 5.74) is 7.28. The molecule has 20 heavy (non-hydrogen) atoms. The molecule has 5 nitrogen and oxygen atoms in total. The van der Waals surface area contributed by atoms with Crippen LogP contribution in [-0.2, 0) is 12.5 Å². The van der Waals surface area contributed by atoms with Gasteiger partial charge in [-0.1, -0.05) is 18.2 Å². The Morgan fingerprint density at radius 1 is 1.45 bits per heavy atom. The summed E-state index contributed by atoms with van der Waals surface area (Å²) in [6, 6.07) is 9.63. The van der Waals surface area contributed by atoms with E-state index in [1.54, 1.807) is 10.9 Å². The van der Waals surface area contributed by atoms with Gasteiger partial charge < -0.3 is 15.6 Å². The minimum Gasteiger partial charge on any atom is -0.493 e. The van der Waals surface area contributed by atoms with Crippen LogP contribution >= 0.6 is 0 Å². The predicted molar refractivity (Wildman–Crippen MR) is 75.5 cm³/mol. The molecule has 3 rings (SSSR count). The molecule has 2 aromatic rings. The van der Waals surface area contributed by atoms with Crippen molar-refractivity contribution in [2.45, 2.75) is 17.9 Å². The molecule has 0 saturated heterocycles. The predicted octanol–water partition coefficient (Wildman–Crippen LogP) is 1.13. The SMILES string of the molecule is Cn1nccc1C(O)C1(CN)CCOc2ccccc21. The molecule has 5 heteroatoms. The van der Waals surface area contributed by atoms with Crippen molar-refractivity contribution >= 4 is 0 Å². The second-order valence-corrected chi connectivity index (χ2v) is 5.24. The van der Waals surface area contributed by atoms with Crippen molar-refractivity contribution in [3.63, 3.8) is 0 Å². The monoisotopic (exact) mass is 273 g/mol. The van der Waals surface area contributed by atoms with Gasteiger partial charge in [0, 0.05) is 30.8 Å². The topological polar surface area (TPSA) is 73.3 Å². The van der Waals surface area contributed by atoms with Gasteiger partial charge in [-0.2, -0.15) is 5.10 Å². The summed E-state index contributed by atoms with van der Waals surface area (Å²) >= 11 is 0. The van der Waals surface area contributed by atoms with E-state index in [1.807, 2.05) is 37.4 Å². The Morgan fingerprint density at radius 2 is 2.25 bits per heavy atom. The first-order valence-corrected chi connectivity index (χ1v) is 6.77. The van der Waals surface area contributed by atoms with Gasteiger partial charge in [0.05, 0.1) is 12.3 Å².